The van der Waals surface area contributed by atoms with Crippen LogP contribution in [0.5, 0.6) is 0 Å². The van der Waals surface area contributed by atoms with E-state index in [1.165, 1.54) is 6.26 Å². The third kappa shape index (κ3) is 4.05. The standard InChI is InChI=1S/C24H31N3O5S/c1-33(31,32)24(9-10-24)15-26-11-12-27-21-17(3-2-4-20(21)26)13-19(23(27)30)22(29)25-14-16-5-7-18(28)8-6-16/h2-4,13,16,18,28H,5-12,14-15H2,1H3,(H,25,29)/t16-,18+. The minimum Gasteiger partial charge on any atom is -0.393 e. The number of carbonyl (C=O) groups excluding carboxylic acids is 1. The number of sulfone groups is 1. The van der Waals surface area contributed by atoms with Gasteiger partial charge >= 0.3 is 0 Å². The highest BCUT2D eigenvalue weighted by Gasteiger charge is 2.53. The number of anilines is 1. The van der Waals surface area contributed by atoms with Crippen LogP contribution in [-0.4, -0.2) is 60.7 Å². The second kappa shape index (κ2) is 8.13. The monoisotopic (exact) mass is 473 g/mol. The second-order valence-corrected chi connectivity index (χ2v) is 12.4. The number of benzene rings is 1. The first kappa shape index (κ1) is 22.4. The van der Waals surface area contributed by atoms with Crippen LogP contribution < -0.4 is 15.8 Å². The molecule has 8 nitrogen and oxygen atoms in total. The molecule has 178 valence electrons. The maximum Gasteiger partial charge on any atom is 0.264 e. The van der Waals surface area contributed by atoms with E-state index in [2.05, 4.69) is 10.2 Å². The summed E-state index contributed by atoms with van der Waals surface area (Å²) in [5.41, 5.74) is 1.43. The van der Waals surface area contributed by atoms with Crippen LogP contribution in [0.4, 0.5) is 5.69 Å². The summed E-state index contributed by atoms with van der Waals surface area (Å²) in [6, 6.07) is 7.36. The van der Waals surface area contributed by atoms with Gasteiger partial charge in [-0.1, -0.05) is 12.1 Å². The molecule has 2 N–H and O–H groups in total. The molecule has 1 aromatic heterocycles. The van der Waals surface area contributed by atoms with Gasteiger partial charge in [-0.15, -0.1) is 0 Å². The average Bonchev–Trinajstić information content (AvgIpc) is 3.57. The van der Waals surface area contributed by atoms with Gasteiger partial charge in [-0.2, -0.15) is 0 Å². The minimum absolute atomic E-state index is 0.138. The first-order valence-electron chi connectivity index (χ1n) is 11.8. The molecule has 0 radical (unpaired) electrons. The van der Waals surface area contributed by atoms with Crippen LogP contribution in [-0.2, 0) is 16.4 Å². The Kier molecular flexibility index (Phi) is 5.52. The van der Waals surface area contributed by atoms with Gasteiger partial charge in [-0.05, 0) is 56.6 Å². The van der Waals surface area contributed by atoms with E-state index >= 15 is 0 Å². The number of hydrogen-bond donors (Lipinski definition) is 2. The molecule has 0 unspecified atom stereocenters. The van der Waals surface area contributed by atoms with Crippen molar-refractivity contribution in [2.24, 2.45) is 5.92 Å². The predicted molar refractivity (Wildman–Crippen MR) is 128 cm³/mol. The van der Waals surface area contributed by atoms with Gasteiger partial charge in [-0.3, -0.25) is 9.59 Å². The number of carbonyl (C=O) groups is 1. The molecular formula is C24H31N3O5S. The van der Waals surface area contributed by atoms with Gasteiger partial charge in [0.2, 0.25) is 0 Å². The van der Waals surface area contributed by atoms with E-state index in [-0.39, 0.29) is 23.1 Å². The molecule has 0 bridgehead atoms. The van der Waals surface area contributed by atoms with Gasteiger partial charge in [0.25, 0.3) is 11.5 Å². The molecule has 2 aromatic rings. The summed E-state index contributed by atoms with van der Waals surface area (Å²) in [5, 5.41) is 13.4. The molecule has 1 amide bonds. The number of nitrogens with one attached hydrogen (secondary N) is 1. The number of rotatable bonds is 6. The molecule has 0 saturated heterocycles. The van der Waals surface area contributed by atoms with E-state index in [0.29, 0.717) is 44.9 Å². The number of aliphatic hydroxyl groups is 1. The Labute approximate surface area is 193 Å². The quantitative estimate of drug-likeness (QED) is 0.661. The largest absolute Gasteiger partial charge is 0.393 e. The number of amides is 1. The number of hydrogen-bond acceptors (Lipinski definition) is 6. The highest BCUT2D eigenvalue weighted by molar-refractivity contribution is 7.92. The van der Waals surface area contributed by atoms with Crippen molar-refractivity contribution >= 4 is 32.3 Å². The van der Waals surface area contributed by atoms with Gasteiger partial charge < -0.3 is 19.9 Å². The smallest absolute Gasteiger partial charge is 0.264 e. The Morgan fingerprint density at radius 2 is 1.91 bits per heavy atom. The van der Waals surface area contributed by atoms with Crippen molar-refractivity contribution in [3.05, 3.63) is 40.2 Å². The van der Waals surface area contributed by atoms with Crippen molar-refractivity contribution < 1.29 is 18.3 Å². The van der Waals surface area contributed by atoms with Crippen molar-refractivity contribution in [2.45, 2.75) is 55.9 Å². The summed E-state index contributed by atoms with van der Waals surface area (Å²) in [5.74, 6) is -0.0396. The molecule has 2 saturated carbocycles. The molecule has 1 aliphatic heterocycles. The Morgan fingerprint density at radius 1 is 1.18 bits per heavy atom. The van der Waals surface area contributed by atoms with Crippen LogP contribution in [0.1, 0.15) is 48.9 Å². The molecular weight excluding hydrogens is 442 g/mol. The highest BCUT2D eigenvalue weighted by Crippen LogP contribution is 2.45. The maximum absolute atomic E-state index is 13.3. The van der Waals surface area contributed by atoms with Crippen LogP contribution in [0.15, 0.2) is 29.1 Å². The van der Waals surface area contributed by atoms with Crippen LogP contribution in [0.2, 0.25) is 0 Å². The molecule has 1 aromatic carbocycles. The second-order valence-electron chi connectivity index (χ2n) is 9.99. The highest BCUT2D eigenvalue weighted by atomic mass is 32.2. The van der Waals surface area contributed by atoms with Crippen LogP contribution in [0.3, 0.4) is 0 Å². The van der Waals surface area contributed by atoms with E-state index in [0.717, 1.165) is 42.3 Å². The molecule has 3 aliphatic rings. The topological polar surface area (TPSA) is 109 Å². The zero-order valence-electron chi connectivity index (χ0n) is 18.9. The summed E-state index contributed by atoms with van der Waals surface area (Å²) >= 11 is 0. The normalized spacial score (nSPS) is 24.0. The van der Waals surface area contributed by atoms with Gasteiger partial charge in [0, 0.05) is 37.8 Å². The molecule has 5 rings (SSSR count). The molecule has 0 atom stereocenters. The molecule has 2 heterocycles. The van der Waals surface area contributed by atoms with E-state index in [4.69, 9.17) is 0 Å². The summed E-state index contributed by atoms with van der Waals surface area (Å²) in [4.78, 5) is 28.2. The summed E-state index contributed by atoms with van der Waals surface area (Å²) in [6.07, 6.45) is 5.66. The summed E-state index contributed by atoms with van der Waals surface area (Å²) in [7, 11) is -3.16. The Hall–Kier alpha value is -2.39. The van der Waals surface area contributed by atoms with Crippen molar-refractivity contribution in [3.63, 3.8) is 0 Å². The van der Waals surface area contributed by atoms with E-state index in [1.54, 1.807) is 10.6 Å². The molecule has 2 aliphatic carbocycles. The summed E-state index contributed by atoms with van der Waals surface area (Å²) in [6.45, 7) is 1.87. The number of aliphatic hydroxyl groups excluding tert-OH is 1. The summed E-state index contributed by atoms with van der Waals surface area (Å²) < 4.78 is 25.6. The van der Waals surface area contributed by atoms with Crippen molar-refractivity contribution in [3.8, 4) is 0 Å². The minimum atomic E-state index is -3.16. The fourth-order valence-corrected chi connectivity index (χ4v) is 6.61. The number of pyridine rings is 1. The zero-order chi connectivity index (χ0) is 23.4. The van der Waals surface area contributed by atoms with Crippen molar-refractivity contribution in [2.75, 3.05) is 30.8 Å². The van der Waals surface area contributed by atoms with Crippen molar-refractivity contribution in [1.29, 1.82) is 0 Å². The first-order chi connectivity index (χ1) is 15.7. The zero-order valence-corrected chi connectivity index (χ0v) is 19.7. The van der Waals surface area contributed by atoms with Crippen LogP contribution in [0, 0.1) is 5.92 Å². The van der Waals surface area contributed by atoms with Crippen LogP contribution >= 0.6 is 0 Å². The first-order valence-corrected chi connectivity index (χ1v) is 13.6. The lowest BCUT2D eigenvalue weighted by molar-refractivity contribution is 0.0908. The fourth-order valence-electron chi connectivity index (χ4n) is 5.37. The lowest BCUT2D eigenvalue weighted by Gasteiger charge is -2.34. The average molecular weight is 474 g/mol. The lowest BCUT2D eigenvalue weighted by Crippen LogP contribution is -2.44. The molecule has 0 spiro atoms. The maximum atomic E-state index is 13.3. The lowest BCUT2D eigenvalue weighted by atomic mass is 9.87. The predicted octanol–water partition coefficient (Wildman–Crippen LogP) is 1.68. The fraction of sp³-hybridized carbons (Fsp3) is 0.583. The molecule has 33 heavy (non-hydrogen) atoms. The van der Waals surface area contributed by atoms with Crippen LogP contribution in [0.25, 0.3) is 10.9 Å². The number of aromatic nitrogens is 1. The van der Waals surface area contributed by atoms with E-state index in [1.807, 2.05) is 18.2 Å². The number of para-hydroxylation sites is 1. The number of nitrogens with zero attached hydrogens (tertiary/aromatic N) is 2. The molecule has 9 heteroatoms. The van der Waals surface area contributed by atoms with Gasteiger partial charge in [0.15, 0.2) is 9.84 Å². The third-order valence-corrected chi connectivity index (χ3v) is 9.82. The van der Waals surface area contributed by atoms with Gasteiger partial charge in [-0.25, -0.2) is 8.42 Å². The Morgan fingerprint density at radius 3 is 2.58 bits per heavy atom. The van der Waals surface area contributed by atoms with E-state index < -0.39 is 14.6 Å². The Bertz CT molecular complexity index is 1260. The van der Waals surface area contributed by atoms with Crippen molar-refractivity contribution in [1.82, 2.24) is 9.88 Å². The Balaban J connectivity index is 1.41. The van der Waals surface area contributed by atoms with Gasteiger partial charge in [0.05, 0.1) is 22.1 Å². The van der Waals surface area contributed by atoms with E-state index in [9.17, 15) is 23.1 Å². The van der Waals surface area contributed by atoms with Gasteiger partial charge in [0.1, 0.15) is 5.56 Å². The third-order valence-electron chi connectivity index (χ3n) is 7.71. The SMILES string of the molecule is CS(=O)(=O)C1(CN2CCn3c(=O)c(C(=O)NC[C@H]4CC[C@@H](O)CC4)cc4cccc2c43)CC1. The molecule has 2 fully saturated rings.